The zero-order chi connectivity index (χ0) is 13.2. The Labute approximate surface area is 112 Å². The molecule has 0 aromatic heterocycles. The van der Waals surface area contributed by atoms with Gasteiger partial charge in [-0.3, -0.25) is 0 Å². The highest BCUT2D eigenvalue weighted by Crippen LogP contribution is 2.18. The minimum absolute atomic E-state index is 0.164. The van der Waals surface area contributed by atoms with E-state index in [-0.39, 0.29) is 10.9 Å². The second kappa shape index (κ2) is 5.11. The lowest BCUT2D eigenvalue weighted by atomic mass is 10.3. The van der Waals surface area contributed by atoms with Crippen LogP contribution in [0.4, 0.5) is 5.69 Å². The monoisotopic (exact) mass is 286 g/mol. The Hall–Kier alpha value is -1.34. The fourth-order valence-corrected chi connectivity index (χ4v) is 3.70. The van der Waals surface area contributed by atoms with Crippen molar-refractivity contribution in [3.63, 3.8) is 0 Å². The van der Waals surface area contributed by atoms with Crippen LogP contribution >= 0.6 is 12.2 Å². The van der Waals surface area contributed by atoms with Gasteiger partial charge in [-0.2, -0.15) is 0 Å². The fourth-order valence-electron chi connectivity index (χ4n) is 1.73. The van der Waals surface area contributed by atoms with Crippen LogP contribution in [0.5, 0.6) is 5.75 Å². The van der Waals surface area contributed by atoms with Gasteiger partial charge in [0.2, 0.25) is 10.0 Å². The number of thiocarbonyl (C=S) groups is 1. The van der Waals surface area contributed by atoms with Crippen molar-refractivity contribution in [3.05, 3.63) is 24.3 Å². The molecule has 0 atom stereocenters. The summed E-state index contributed by atoms with van der Waals surface area (Å²) in [5, 5.41) is 3.13. The van der Waals surface area contributed by atoms with E-state index in [0.29, 0.717) is 13.0 Å². The maximum atomic E-state index is 11.7. The first-order valence-electron chi connectivity index (χ1n) is 5.48. The second-order valence-corrected chi connectivity index (χ2v) is 6.30. The Balaban J connectivity index is 2.07. The Bertz CT molecular complexity index is 540. The SMILES string of the molecule is COc1ccc(NC(=S)N2CCCS2(=O)=O)cc1. The van der Waals surface area contributed by atoms with E-state index < -0.39 is 10.0 Å². The molecule has 2 rings (SSSR count). The van der Waals surface area contributed by atoms with Gasteiger partial charge in [0, 0.05) is 12.2 Å². The van der Waals surface area contributed by atoms with Crippen LogP contribution in [0.2, 0.25) is 0 Å². The molecule has 0 bridgehead atoms. The van der Waals surface area contributed by atoms with Crippen LogP contribution in [-0.4, -0.2) is 37.2 Å². The third-order valence-corrected chi connectivity index (χ3v) is 4.95. The summed E-state index contributed by atoms with van der Waals surface area (Å²) in [6.45, 7) is 0.449. The predicted octanol–water partition coefficient (Wildman–Crippen LogP) is 1.43. The van der Waals surface area contributed by atoms with E-state index in [1.54, 1.807) is 31.4 Å². The average molecular weight is 286 g/mol. The summed E-state index contributed by atoms with van der Waals surface area (Å²) in [6.07, 6.45) is 0.618. The molecule has 0 spiro atoms. The highest BCUT2D eigenvalue weighted by Gasteiger charge is 2.30. The lowest BCUT2D eigenvalue weighted by molar-refractivity contribution is 0.415. The third-order valence-electron chi connectivity index (χ3n) is 2.67. The highest BCUT2D eigenvalue weighted by molar-refractivity contribution is 7.91. The second-order valence-electron chi connectivity index (χ2n) is 3.90. The van der Waals surface area contributed by atoms with E-state index in [1.807, 2.05) is 0 Å². The summed E-state index contributed by atoms with van der Waals surface area (Å²) in [6, 6.07) is 7.13. The van der Waals surface area contributed by atoms with Gasteiger partial charge >= 0.3 is 0 Å². The number of nitrogens with one attached hydrogen (secondary N) is 1. The molecule has 1 heterocycles. The summed E-state index contributed by atoms with van der Waals surface area (Å²) in [5.74, 6) is 0.900. The first-order valence-corrected chi connectivity index (χ1v) is 7.50. The number of anilines is 1. The van der Waals surface area contributed by atoms with E-state index in [1.165, 1.54) is 4.31 Å². The van der Waals surface area contributed by atoms with Crippen molar-refractivity contribution in [2.45, 2.75) is 6.42 Å². The zero-order valence-corrected chi connectivity index (χ0v) is 11.6. The average Bonchev–Trinajstić information content (AvgIpc) is 2.70. The molecule has 18 heavy (non-hydrogen) atoms. The largest absolute Gasteiger partial charge is 0.497 e. The normalized spacial score (nSPS) is 17.5. The van der Waals surface area contributed by atoms with Crippen LogP contribution in [0.25, 0.3) is 0 Å². The molecular formula is C11H14N2O3S2. The van der Waals surface area contributed by atoms with Crippen LogP contribution in [0, 0.1) is 0 Å². The number of ether oxygens (including phenoxy) is 1. The molecule has 0 unspecified atom stereocenters. The molecule has 1 fully saturated rings. The fraction of sp³-hybridized carbons (Fsp3) is 0.364. The number of hydrogen-bond acceptors (Lipinski definition) is 4. The molecule has 98 valence electrons. The van der Waals surface area contributed by atoms with Crippen molar-refractivity contribution in [1.29, 1.82) is 0 Å². The lowest BCUT2D eigenvalue weighted by Gasteiger charge is -2.18. The molecule has 5 nitrogen and oxygen atoms in total. The molecule has 7 heteroatoms. The van der Waals surface area contributed by atoms with Gasteiger partial charge in [-0.1, -0.05) is 0 Å². The summed E-state index contributed by atoms with van der Waals surface area (Å²) >= 11 is 5.11. The molecular weight excluding hydrogens is 272 g/mol. The number of nitrogens with zero attached hydrogens (tertiary/aromatic N) is 1. The summed E-state index contributed by atoms with van der Waals surface area (Å²) in [4.78, 5) is 0. The smallest absolute Gasteiger partial charge is 0.236 e. The number of benzene rings is 1. The Morgan fingerprint density at radius 3 is 2.56 bits per heavy atom. The minimum Gasteiger partial charge on any atom is -0.497 e. The maximum Gasteiger partial charge on any atom is 0.236 e. The molecule has 1 aromatic carbocycles. The maximum absolute atomic E-state index is 11.7. The van der Waals surface area contributed by atoms with Crippen LogP contribution in [0.1, 0.15) is 6.42 Å². The van der Waals surface area contributed by atoms with E-state index in [4.69, 9.17) is 17.0 Å². The summed E-state index contributed by atoms with van der Waals surface area (Å²) in [5.41, 5.74) is 0.739. The minimum atomic E-state index is -3.21. The van der Waals surface area contributed by atoms with Gasteiger partial charge in [-0.05, 0) is 42.9 Å². The number of methoxy groups -OCH3 is 1. The molecule has 1 aliphatic rings. The Morgan fingerprint density at radius 1 is 1.39 bits per heavy atom. The van der Waals surface area contributed by atoms with Crippen LogP contribution in [0.3, 0.4) is 0 Å². The molecule has 1 aromatic rings. The lowest BCUT2D eigenvalue weighted by Crippen LogP contribution is -2.35. The Kier molecular flexibility index (Phi) is 3.72. The molecule has 0 amide bonds. The molecule has 0 saturated carbocycles. The van der Waals surface area contributed by atoms with E-state index in [2.05, 4.69) is 5.32 Å². The molecule has 1 saturated heterocycles. The van der Waals surface area contributed by atoms with Crippen LogP contribution in [-0.2, 0) is 10.0 Å². The van der Waals surface area contributed by atoms with Gasteiger partial charge in [-0.15, -0.1) is 0 Å². The van der Waals surface area contributed by atoms with E-state index >= 15 is 0 Å². The van der Waals surface area contributed by atoms with Crippen molar-refractivity contribution in [2.75, 3.05) is 24.7 Å². The summed E-state index contributed by atoms with van der Waals surface area (Å²) in [7, 11) is -1.63. The van der Waals surface area contributed by atoms with Crippen molar-refractivity contribution in [3.8, 4) is 5.75 Å². The van der Waals surface area contributed by atoms with Gasteiger partial charge in [0.15, 0.2) is 5.11 Å². The third kappa shape index (κ3) is 2.73. The van der Waals surface area contributed by atoms with Crippen LogP contribution in [0.15, 0.2) is 24.3 Å². The topological polar surface area (TPSA) is 58.6 Å². The van der Waals surface area contributed by atoms with Crippen molar-refractivity contribution in [1.82, 2.24) is 4.31 Å². The zero-order valence-electron chi connectivity index (χ0n) is 9.92. The number of sulfonamides is 1. The molecule has 1 aliphatic heterocycles. The van der Waals surface area contributed by atoms with Gasteiger partial charge < -0.3 is 10.1 Å². The van der Waals surface area contributed by atoms with Crippen LogP contribution < -0.4 is 10.1 Å². The number of hydrogen-bond donors (Lipinski definition) is 1. The van der Waals surface area contributed by atoms with Crippen molar-refractivity contribution < 1.29 is 13.2 Å². The molecule has 0 aliphatic carbocycles. The molecule has 1 N–H and O–H groups in total. The predicted molar refractivity (Wildman–Crippen MR) is 74.3 cm³/mol. The quantitative estimate of drug-likeness (QED) is 0.833. The van der Waals surface area contributed by atoms with E-state index in [0.717, 1.165) is 11.4 Å². The Morgan fingerprint density at radius 2 is 2.06 bits per heavy atom. The van der Waals surface area contributed by atoms with Gasteiger partial charge in [0.05, 0.1) is 12.9 Å². The van der Waals surface area contributed by atoms with Gasteiger partial charge in [-0.25, -0.2) is 12.7 Å². The van der Waals surface area contributed by atoms with E-state index in [9.17, 15) is 8.42 Å². The van der Waals surface area contributed by atoms with Gasteiger partial charge in [0.25, 0.3) is 0 Å². The number of rotatable bonds is 2. The van der Waals surface area contributed by atoms with Gasteiger partial charge in [0.1, 0.15) is 5.75 Å². The first-order chi connectivity index (χ1) is 8.53. The highest BCUT2D eigenvalue weighted by atomic mass is 32.2. The standard InChI is InChI=1S/C11H14N2O3S2/c1-16-10-5-3-9(4-6-10)12-11(17)13-7-2-8-18(13,14)15/h3-6H,2,7-8H2,1H3,(H,12,17). The first kappa shape index (κ1) is 13.1. The van der Waals surface area contributed by atoms with Crippen molar-refractivity contribution >= 4 is 33.0 Å². The van der Waals surface area contributed by atoms with Crippen molar-refractivity contribution in [2.24, 2.45) is 0 Å². The summed E-state index contributed by atoms with van der Waals surface area (Å²) < 4.78 is 29.6. The molecule has 0 radical (unpaired) electrons.